The molecule has 1 aromatic heterocycles. The number of amides is 2. The molecule has 0 bridgehead atoms. The molecule has 1 aliphatic heterocycles. The van der Waals surface area contributed by atoms with Crippen LogP contribution in [0.25, 0.3) is 5.69 Å². The predicted octanol–water partition coefficient (Wildman–Crippen LogP) is 5.26. The minimum absolute atomic E-state index is 0.176. The number of nitrogens with zero attached hydrogens (tertiary/aromatic N) is 3. The highest BCUT2D eigenvalue weighted by Gasteiger charge is 2.27. The van der Waals surface area contributed by atoms with Crippen molar-refractivity contribution in [3.8, 4) is 5.69 Å². The Balaban J connectivity index is 1.61. The Morgan fingerprint density at radius 1 is 1.09 bits per heavy atom. The van der Waals surface area contributed by atoms with Gasteiger partial charge in [0.1, 0.15) is 5.82 Å². The number of fused-ring (bicyclic) bond motifs is 1. The van der Waals surface area contributed by atoms with Gasteiger partial charge in [0.05, 0.1) is 18.0 Å². The Labute approximate surface area is 200 Å². The van der Waals surface area contributed by atoms with Crippen LogP contribution >= 0.6 is 0 Å². The number of carbonyl (C=O) groups is 2. The minimum Gasteiger partial charge on any atom is -0.466 e. The van der Waals surface area contributed by atoms with Crippen molar-refractivity contribution >= 4 is 23.5 Å². The number of nitrogens with one attached hydrogen (secondary N) is 1. The maximum absolute atomic E-state index is 13.2. The van der Waals surface area contributed by atoms with Gasteiger partial charge in [-0.1, -0.05) is 51.1 Å². The highest BCUT2D eigenvalue weighted by Crippen LogP contribution is 2.30. The van der Waals surface area contributed by atoms with Gasteiger partial charge >= 0.3 is 12.0 Å². The third kappa shape index (κ3) is 5.14. The number of benzene rings is 2. The topological polar surface area (TPSA) is 76.5 Å². The number of aryl methyl sites for hydroxylation is 1. The second-order valence-corrected chi connectivity index (χ2v) is 9.51. The van der Waals surface area contributed by atoms with Crippen LogP contribution in [0, 0.1) is 0 Å². The van der Waals surface area contributed by atoms with Gasteiger partial charge in [-0.15, -0.1) is 0 Å². The largest absolute Gasteiger partial charge is 0.466 e. The molecule has 4 rings (SSSR count). The van der Waals surface area contributed by atoms with Gasteiger partial charge in [-0.3, -0.25) is 15.0 Å². The molecule has 3 aromatic rings. The first-order chi connectivity index (χ1) is 16.3. The van der Waals surface area contributed by atoms with Crippen molar-refractivity contribution in [2.45, 2.75) is 52.4 Å². The number of ether oxygens (including phenoxy) is 1. The van der Waals surface area contributed by atoms with Crippen LogP contribution in [-0.4, -0.2) is 34.9 Å². The summed E-state index contributed by atoms with van der Waals surface area (Å²) < 4.78 is 6.82. The first-order valence-corrected chi connectivity index (χ1v) is 11.8. The summed E-state index contributed by atoms with van der Waals surface area (Å²) in [6.45, 7) is 9.12. The summed E-state index contributed by atoms with van der Waals surface area (Å²) in [6.07, 6.45) is 1.74. The zero-order valence-corrected chi connectivity index (χ0v) is 20.3. The lowest BCUT2D eigenvalue weighted by Crippen LogP contribution is -2.34. The molecule has 0 radical (unpaired) electrons. The van der Waals surface area contributed by atoms with Gasteiger partial charge in [0.15, 0.2) is 0 Å². The van der Waals surface area contributed by atoms with Crippen LogP contribution in [0.4, 0.5) is 16.3 Å². The highest BCUT2D eigenvalue weighted by atomic mass is 16.5. The standard InChI is InChI=1S/C27H32N4O3/c1-5-34-25(32)14-13-19-9-8-11-21(17-19)31-24(18-23(29-31)27(2,3)4)28-26(33)30-16-15-20-10-6-7-12-22(20)30/h6-12,17-18H,5,13-16H2,1-4H3,(H,28,33). The van der Waals surface area contributed by atoms with Crippen LogP contribution in [0.5, 0.6) is 0 Å². The average Bonchev–Trinajstić information content (AvgIpc) is 3.43. The molecule has 0 aliphatic carbocycles. The van der Waals surface area contributed by atoms with Crippen molar-refractivity contribution in [1.29, 1.82) is 0 Å². The first-order valence-electron chi connectivity index (χ1n) is 11.8. The number of esters is 1. The second-order valence-electron chi connectivity index (χ2n) is 9.51. The van der Waals surface area contributed by atoms with E-state index in [1.165, 1.54) is 5.56 Å². The van der Waals surface area contributed by atoms with Crippen LogP contribution < -0.4 is 10.2 Å². The van der Waals surface area contributed by atoms with Crippen LogP contribution in [0.2, 0.25) is 0 Å². The van der Waals surface area contributed by atoms with E-state index in [1.807, 2.05) is 48.5 Å². The summed E-state index contributed by atoms with van der Waals surface area (Å²) in [4.78, 5) is 26.8. The highest BCUT2D eigenvalue weighted by molar-refractivity contribution is 6.02. The van der Waals surface area contributed by atoms with Crippen molar-refractivity contribution < 1.29 is 14.3 Å². The van der Waals surface area contributed by atoms with Gasteiger partial charge in [0.2, 0.25) is 0 Å². The van der Waals surface area contributed by atoms with E-state index in [2.05, 4.69) is 32.2 Å². The molecule has 0 unspecified atom stereocenters. The fourth-order valence-corrected chi connectivity index (χ4v) is 4.08. The lowest BCUT2D eigenvalue weighted by atomic mass is 9.92. The van der Waals surface area contributed by atoms with Crippen molar-refractivity contribution in [3.63, 3.8) is 0 Å². The lowest BCUT2D eigenvalue weighted by Gasteiger charge is -2.18. The summed E-state index contributed by atoms with van der Waals surface area (Å²) in [7, 11) is 0. The number of aromatic nitrogens is 2. The minimum atomic E-state index is -0.208. The Hall–Kier alpha value is -3.61. The molecule has 0 saturated carbocycles. The molecule has 1 N–H and O–H groups in total. The number of anilines is 2. The molecule has 2 heterocycles. The number of para-hydroxylation sites is 1. The quantitative estimate of drug-likeness (QED) is 0.509. The van der Waals surface area contributed by atoms with E-state index >= 15 is 0 Å². The Morgan fingerprint density at radius 3 is 2.65 bits per heavy atom. The summed E-state index contributed by atoms with van der Waals surface area (Å²) in [5.74, 6) is 0.405. The molecule has 0 atom stereocenters. The third-order valence-corrected chi connectivity index (χ3v) is 5.92. The van der Waals surface area contributed by atoms with Crippen molar-refractivity contribution in [3.05, 3.63) is 71.4 Å². The number of hydrogen-bond donors (Lipinski definition) is 1. The Kier molecular flexibility index (Phi) is 6.72. The van der Waals surface area contributed by atoms with Crippen LogP contribution in [0.15, 0.2) is 54.6 Å². The molecular weight excluding hydrogens is 428 g/mol. The van der Waals surface area contributed by atoms with E-state index in [0.717, 1.165) is 29.1 Å². The summed E-state index contributed by atoms with van der Waals surface area (Å²) >= 11 is 0. The number of carbonyl (C=O) groups excluding carboxylic acids is 2. The Morgan fingerprint density at radius 2 is 1.88 bits per heavy atom. The van der Waals surface area contributed by atoms with Gasteiger partial charge in [-0.05, 0) is 49.1 Å². The molecule has 1 aliphatic rings. The number of urea groups is 1. The molecule has 0 saturated heterocycles. The number of hydrogen-bond acceptors (Lipinski definition) is 4. The maximum Gasteiger partial charge on any atom is 0.327 e. The maximum atomic E-state index is 13.2. The molecule has 7 heteroatoms. The van der Waals surface area contributed by atoms with Gasteiger partial charge in [0.25, 0.3) is 0 Å². The summed E-state index contributed by atoms with van der Waals surface area (Å²) in [5, 5.41) is 7.92. The van der Waals surface area contributed by atoms with E-state index in [4.69, 9.17) is 9.84 Å². The van der Waals surface area contributed by atoms with Crippen molar-refractivity contribution in [2.75, 3.05) is 23.4 Å². The molecule has 34 heavy (non-hydrogen) atoms. The molecule has 0 spiro atoms. The van der Waals surface area contributed by atoms with Gasteiger partial charge in [-0.2, -0.15) is 5.10 Å². The molecular formula is C27H32N4O3. The van der Waals surface area contributed by atoms with Crippen LogP contribution in [0.3, 0.4) is 0 Å². The molecule has 0 fully saturated rings. The molecule has 2 aromatic carbocycles. The van der Waals surface area contributed by atoms with E-state index in [0.29, 0.717) is 31.8 Å². The lowest BCUT2D eigenvalue weighted by molar-refractivity contribution is -0.143. The SMILES string of the molecule is CCOC(=O)CCc1cccc(-n2nc(C(C)(C)C)cc2NC(=O)N2CCc3ccccc32)c1. The monoisotopic (exact) mass is 460 g/mol. The zero-order valence-electron chi connectivity index (χ0n) is 20.3. The van der Waals surface area contributed by atoms with E-state index in [1.54, 1.807) is 16.5 Å². The van der Waals surface area contributed by atoms with E-state index in [9.17, 15) is 9.59 Å². The third-order valence-electron chi connectivity index (χ3n) is 5.92. The average molecular weight is 461 g/mol. The summed E-state index contributed by atoms with van der Waals surface area (Å²) in [6, 6.07) is 17.6. The predicted molar refractivity (Wildman–Crippen MR) is 134 cm³/mol. The van der Waals surface area contributed by atoms with Gasteiger partial charge in [0, 0.05) is 30.1 Å². The van der Waals surface area contributed by atoms with Crippen molar-refractivity contribution in [2.24, 2.45) is 0 Å². The van der Waals surface area contributed by atoms with Gasteiger partial charge < -0.3 is 4.74 Å². The summed E-state index contributed by atoms with van der Waals surface area (Å²) in [5.41, 5.74) is 4.64. The fourth-order valence-electron chi connectivity index (χ4n) is 4.08. The molecule has 178 valence electrons. The molecule has 2 amide bonds. The normalized spacial score (nSPS) is 13.0. The second kappa shape index (κ2) is 9.71. The zero-order chi connectivity index (χ0) is 24.3. The smallest absolute Gasteiger partial charge is 0.327 e. The van der Waals surface area contributed by atoms with E-state index in [-0.39, 0.29) is 17.4 Å². The van der Waals surface area contributed by atoms with Crippen LogP contribution in [-0.2, 0) is 27.8 Å². The van der Waals surface area contributed by atoms with E-state index < -0.39 is 0 Å². The van der Waals surface area contributed by atoms with Crippen LogP contribution in [0.1, 0.15) is 50.9 Å². The van der Waals surface area contributed by atoms with Gasteiger partial charge in [-0.25, -0.2) is 9.48 Å². The number of rotatable bonds is 6. The fraction of sp³-hybridized carbons (Fsp3) is 0.370. The molecule has 7 nitrogen and oxygen atoms in total. The Bertz CT molecular complexity index is 1190. The van der Waals surface area contributed by atoms with Crippen molar-refractivity contribution in [1.82, 2.24) is 9.78 Å². The first kappa shape index (κ1) is 23.5.